The van der Waals surface area contributed by atoms with Gasteiger partial charge in [-0.05, 0) is 18.4 Å². The Hall–Kier alpha value is -0.990. The molecule has 0 aromatic rings. The molecule has 0 saturated carbocycles. The average molecular weight is 200 g/mol. The fourth-order valence-electron chi connectivity index (χ4n) is 0.649. The minimum atomic E-state index is -0.459. The Labute approximate surface area is 86.1 Å². The first kappa shape index (κ1) is 13.0. The Bertz CT molecular complexity index is 173. The molecule has 14 heavy (non-hydrogen) atoms. The van der Waals surface area contributed by atoms with Gasteiger partial charge in [-0.15, -0.1) is 0 Å². The molecule has 0 rings (SSSR count). The highest BCUT2D eigenvalue weighted by atomic mass is 16.6. The van der Waals surface area contributed by atoms with Crippen LogP contribution in [0.5, 0.6) is 0 Å². The molecule has 0 aliphatic rings. The molecule has 0 N–H and O–H groups in total. The van der Waals surface area contributed by atoms with E-state index in [4.69, 9.17) is 9.47 Å². The van der Waals surface area contributed by atoms with Crippen molar-refractivity contribution < 1.29 is 14.3 Å². The van der Waals surface area contributed by atoms with E-state index < -0.39 is 5.97 Å². The Morgan fingerprint density at radius 1 is 1.07 bits per heavy atom. The number of hydrogen-bond donors (Lipinski definition) is 0. The highest BCUT2D eigenvalue weighted by Crippen LogP contribution is 2.03. The second-order valence-electron chi connectivity index (χ2n) is 4.12. The van der Waals surface area contributed by atoms with Gasteiger partial charge in [0.2, 0.25) is 0 Å². The predicted molar refractivity (Wildman–Crippen MR) is 55.7 cm³/mol. The van der Waals surface area contributed by atoms with E-state index in [1.54, 1.807) is 0 Å². The molecule has 0 aliphatic heterocycles. The van der Waals surface area contributed by atoms with Crippen LogP contribution in [0.15, 0.2) is 12.3 Å². The average Bonchev–Trinajstić information content (AvgIpc) is 2.09. The van der Waals surface area contributed by atoms with E-state index in [0.29, 0.717) is 25.0 Å². The lowest BCUT2D eigenvalue weighted by atomic mass is 10.2. The summed E-state index contributed by atoms with van der Waals surface area (Å²) in [6.45, 7) is 12.4. The molecule has 0 atom stereocenters. The number of esters is 1. The van der Waals surface area contributed by atoms with Crippen LogP contribution in [0.3, 0.4) is 0 Å². The van der Waals surface area contributed by atoms with E-state index in [0.717, 1.165) is 0 Å². The highest BCUT2D eigenvalue weighted by Gasteiger charge is 2.10. The van der Waals surface area contributed by atoms with Gasteiger partial charge < -0.3 is 9.47 Å². The topological polar surface area (TPSA) is 35.5 Å². The van der Waals surface area contributed by atoms with Crippen molar-refractivity contribution >= 4 is 5.97 Å². The number of hydrogen-bond acceptors (Lipinski definition) is 3. The molecule has 0 aliphatic carbocycles. The molecular formula is C11H20O3. The largest absolute Gasteiger partial charge is 0.487 e. The maximum Gasteiger partial charge on any atom is 0.372 e. The van der Waals surface area contributed by atoms with Crippen LogP contribution in [0.2, 0.25) is 0 Å². The lowest BCUT2D eigenvalue weighted by Crippen LogP contribution is -2.15. The van der Waals surface area contributed by atoms with Gasteiger partial charge in [0.05, 0.1) is 13.2 Å². The van der Waals surface area contributed by atoms with Gasteiger partial charge in [0.25, 0.3) is 0 Å². The van der Waals surface area contributed by atoms with Crippen LogP contribution in [0.4, 0.5) is 0 Å². The monoisotopic (exact) mass is 200 g/mol. The molecule has 0 aromatic heterocycles. The Morgan fingerprint density at radius 2 is 1.50 bits per heavy atom. The molecular weight excluding hydrogens is 180 g/mol. The summed E-state index contributed by atoms with van der Waals surface area (Å²) in [5, 5.41) is 0. The van der Waals surface area contributed by atoms with Crippen molar-refractivity contribution in [1.29, 1.82) is 0 Å². The number of carbonyl (C=O) groups is 1. The summed E-state index contributed by atoms with van der Waals surface area (Å²) in [5.41, 5.74) is 0. The van der Waals surface area contributed by atoms with Crippen LogP contribution in [0, 0.1) is 11.8 Å². The lowest BCUT2D eigenvalue weighted by molar-refractivity contribution is -0.144. The molecule has 0 bridgehead atoms. The zero-order valence-electron chi connectivity index (χ0n) is 9.50. The van der Waals surface area contributed by atoms with Crippen molar-refractivity contribution in [3.05, 3.63) is 12.3 Å². The first-order chi connectivity index (χ1) is 6.43. The summed E-state index contributed by atoms with van der Waals surface area (Å²) >= 11 is 0. The van der Waals surface area contributed by atoms with Gasteiger partial charge in [-0.2, -0.15) is 0 Å². The third-order valence-corrected chi connectivity index (χ3v) is 1.37. The van der Waals surface area contributed by atoms with Gasteiger partial charge in [0, 0.05) is 0 Å². The molecule has 82 valence electrons. The van der Waals surface area contributed by atoms with E-state index in [2.05, 4.69) is 6.58 Å². The van der Waals surface area contributed by atoms with Gasteiger partial charge in [-0.25, -0.2) is 4.79 Å². The summed E-state index contributed by atoms with van der Waals surface area (Å²) in [4.78, 5) is 11.2. The van der Waals surface area contributed by atoms with Gasteiger partial charge in [-0.3, -0.25) is 0 Å². The van der Waals surface area contributed by atoms with Crippen LogP contribution in [0.1, 0.15) is 27.7 Å². The van der Waals surface area contributed by atoms with Crippen molar-refractivity contribution in [2.45, 2.75) is 27.7 Å². The van der Waals surface area contributed by atoms with Gasteiger partial charge in [-0.1, -0.05) is 27.7 Å². The molecule has 0 aromatic carbocycles. The maximum absolute atomic E-state index is 11.2. The van der Waals surface area contributed by atoms with Gasteiger partial charge in [0.1, 0.15) is 0 Å². The summed E-state index contributed by atoms with van der Waals surface area (Å²) in [7, 11) is 0. The molecule has 0 radical (unpaired) electrons. The normalized spacial score (nSPS) is 10.4. The number of carbonyl (C=O) groups excluding carboxylic acids is 1. The van der Waals surface area contributed by atoms with E-state index in [-0.39, 0.29) is 5.76 Å². The summed E-state index contributed by atoms with van der Waals surface area (Å²) in [6, 6.07) is 0. The number of ether oxygens (including phenoxy) is 2. The van der Waals surface area contributed by atoms with Crippen LogP contribution in [-0.2, 0) is 14.3 Å². The molecule has 3 heteroatoms. The fourth-order valence-corrected chi connectivity index (χ4v) is 0.649. The first-order valence-corrected chi connectivity index (χ1v) is 4.92. The zero-order chi connectivity index (χ0) is 11.1. The minimum Gasteiger partial charge on any atom is -0.487 e. The second-order valence-corrected chi connectivity index (χ2v) is 4.12. The first-order valence-electron chi connectivity index (χ1n) is 4.92. The lowest BCUT2D eigenvalue weighted by Gasteiger charge is -2.11. The SMILES string of the molecule is C=C(OCC(C)C)C(=O)OCC(C)C. The van der Waals surface area contributed by atoms with Crippen LogP contribution in [0.25, 0.3) is 0 Å². The molecule has 3 nitrogen and oxygen atoms in total. The Balaban J connectivity index is 3.71. The van der Waals surface area contributed by atoms with Crippen molar-refractivity contribution in [3.63, 3.8) is 0 Å². The third-order valence-electron chi connectivity index (χ3n) is 1.37. The molecule has 0 heterocycles. The van der Waals surface area contributed by atoms with Crippen LogP contribution < -0.4 is 0 Å². The fraction of sp³-hybridized carbons (Fsp3) is 0.727. The molecule has 0 spiro atoms. The van der Waals surface area contributed by atoms with E-state index in [1.165, 1.54) is 0 Å². The van der Waals surface area contributed by atoms with Gasteiger partial charge >= 0.3 is 5.97 Å². The van der Waals surface area contributed by atoms with Gasteiger partial charge in [0.15, 0.2) is 5.76 Å². The van der Waals surface area contributed by atoms with E-state index in [1.807, 2.05) is 27.7 Å². The Kier molecular flexibility index (Phi) is 6.00. The summed E-state index contributed by atoms with van der Waals surface area (Å²) in [6.07, 6.45) is 0. The standard InChI is InChI=1S/C11H20O3/c1-8(2)6-13-10(5)11(12)14-7-9(3)4/h8-9H,5-7H2,1-4H3. The smallest absolute Gasteiger partial charge is 0.372 e. The predicted octanol–water partition coefficient (Wildman–Crippen LogP) is 2.37. The van der Waals surface area contributed by atoms with Crippen LogP contribution >= 0.6 is 0 Å². The van der Waals surface area contributed by atoms with Crippen LogP contribution in [-0.4, -0.2) is 19.2 Å². The van der Waals surface area contributed by atoms with Crippen molar-refractivity contribution in [3.8, 4) is 0 Å². The molecule has 0 amide bonds. The minimum absolute atomic E-state index is 0.0966. The van der Waals surface area contributed by atoms with Crippen molar-refractivity contribution in [2.75, 3.05) is 13.2 Å². The van der Waals surface area contributed by atoms with E-state index in [9.17, 15) is 4.79 Å². The highest BCUT2D eigenvalue weighted by molar-refractivity contribution is 5.85. The number of rotatable bonds is 6. The molecule has 0 saturated heterocycles. The third kappa shape index (κ3) is 6.52. The maximum atomic E-state index is 11.2. The molecule has 0 unspecified atom stereocenters. The zero-order valence-corrected chi connectivity index (χ0v) is 9.50. The molecule has 0 fully saturated rings. The quantitative estimate of drug-likeness (QED) is 0.375. The van der Waals surface area contributed by atoms with Crippen molar-refractivity contribution in [2.24, 2.45) is 11.8 Å². The summed E-state index contributed by atoms with van der Waals surface area (Å²) < 4.78 is 10.1. The second kappa shape index (κ2) is 6.46. The van der Waals surface area contributed by atoms with E-state index >= 15 is 0 Å². The summed E-state index contributed by atoms with van der Waals surface area (Å²) in [5.74, 6) is 0.347. The Morgan fingerprint density at radius 3 is 1.93 bits per heavy atom. The van der Waals surface area contributed by atoms with Crippen molar-refractivity contribution in [1.82, 2.24) is 0 Å².